The van der Waals surface area contributed by atoms with Crippen LogP contribution in [0.5, 0.6) is 0 Å². The van der Waals surface area contributed by atoms with E-state index < -0.39 is 0 Å². The third kappa shape index (κ3) is 1.24. The van der Waals surface area contributed by atoms with E-state index in [1.54, 1.807) is 11.3 Å². The Balaban J connectivity index is 2.47. The normalized spacial score (nSPS) is 16.2. The molecular weight excluding hydrogens is 203 g/mol. The van der Waals surface area contributed by atoms with Crippen LogP contribution in [0, 0.1) is 0 Å². The van der Waals surface area contributed by atoms with Gasteiger partial charge >= 0.3 is 0 Å². The summed E-state index contributed by atoms with van der Waals surface area (Å²) in [4.78, 5) is 5.23. The van der Waals surface area contributed by atoms with E-state index in [9.17, 15) is 0 Å². The molecule has 0 bridgehead atoms. The first-order valence-corrected chi connectivity index (χ1v) is 4.61. The van der Waals surface area contributed by atoms with E-state index in [-0.39, 0.29) is 0 Å². The number of amidine groups is 1. The van der Waals surface area contributed by atoms with Gasteiger partial charge in [0.25, 0.3) is 0 Å². The van der Waals surface area contributed by atoms with Crippen molar-refractivity contribution in [2.24, 2.45) is 4.99 Å². The lowest BCUT2D eigenvalue weighted by Gasteiger charge is -2.16. The van der Waals surface area contributed by atoms with Crippen LogP contribution in [-0.2, 0) is 6.54 Å². The molecule has 0 unspecified atom stereocenters. The van der Waals surface area contributed by atoms with Gasteiger partial charge in [0.15, 0.2) is 0 Å². The highest BCUT2D eigenvalue weighted by Gasteiger charge is 2.16. The molecule has 0 radical (unpaired) electrons. The largest absolute Gasteiger partial charge is 0.254 e. The summed E-state index contributed by atoms with van der Waals surface area (Å²) in [5, 5.41) is 2.33. The highest BCUT2D eigenvalue weighted by Crippen LogP contribution is 2.32. The zero-order chi connectivity index (χ0) is 7.84. The van der Waals surface area contributed by atoms with E-state index in [1.165, 1.54) is 4.42 Å². The van der Waals surface area contributed by atoms with E-state index in [2.05, 4.69) is 4.99 Å². The maximum absolute atomic E-state index is 5.73. The number of nitrogens with zero attached hydrogens (tertiary/aromatic N) is 2. The van der Waals surface area contributed by atoms with Gasteiger partial charge in [0, 0.05) is 11.8 Å². The molecule has 2 rings (SSSR count). The van der Waals surface area contributed by atoms with E-state index in [0.717, 1.165) is 10.6 Å². The number of thiophene rings is 1. The van der Waals surface area contributed by atoms with Crippen LogP contribution in [0.25, 0.3) is 0 Å². The molecule has 1 aromatic rings. The van der Waals surface area contributed by atoms with Gasteiger partial charge < -0.3 is 0 Å². The highest BCUT2D eigenvalue weighted by atomic mass is 35.5. The minimum atomic E-state index is 0.345. The number of fused-ring (bicyclic) bond motifs is 1. The highest BCUT2D eigenvalue weighted by molar-refractivity contribution is 7.10. The Labute approximate surface area is 78.2 Å². The Kier molecular flexibility index (Phi) is 1.79. The van der Waals surface area contributed by atoms with Gasteiger partial charge in [-0.05, 0) is 23.0 Å². The molecule has 1 aliphatic heterocycles. The van der Waals surface area contributed by atoms with E-state index in [1.807, 2.05) is 11.4 Å². The molecule has 1 aromatic heterocycles. The molecule has 2 heterocycles. The molecule has 0 N–H and O–H groups in total. The fourth-order valence-electron chi connectivity index (χ4n) is 0.897. The minimum Gasteiger partial charge on any atom is -0.254 e. The summed E-state index contributed by atoms with van der Waals surface area (Å²) in [6.07, 6.45) is 0. The third-order valence-corrected chi connectivity index (χ3v) is 2.97. The lowest BCUT2D eigenvalue weighted by atomic mass is 10.4. The van der Waals surface area contributed by atoms with Crippen molar-refractivity contribution in [2.45, 2.75) is 6.54 Å². The van der Waals surface area contributed by atoms with Crippen LogP contribution >= 0.6 is 34.7 Å². The van der Waals surface area contributed by atoms with Gasteiger partial charge in [0.2, 0.25) is 5.29 Å². The van der Waals surface area contributed by atoms with Crippen molar-refractivity contribution in [1.82, 2.24) is 4.42 Å². The van der Waals surface area contributed by atoms with Crippen molar-refractivity contribution in [2.75, 3.05) is 0 Å². The molecule has 11 heavy (non-hydrogen) atoms. The molecule has 0 atom stereocenters. The molecule has 0 saturated carbocycles. The Morgan fingerprint density at radius 3 is 3.27 bits per heavy atom. The third-order valence-electron chi connectivity index (χ3n) is 1.42. The molecule has 0 aromatic carbocycles. The van der Waals surface area contributed by atoms with Crippen molar-refractivity contribution >= 4 is 45.7 Å². The van der Waals surface area contributed by atoms with Crippen LogP contribution in [0.1, 0.15) is 4.88 Å². The van der Waals surface area contributed by atoms with E-state index in [4.69, 9.17) is 23.4 Å². The SMILES string of the molecule is ClC1=Nc2ccsc2CN1Cl. The van der Waals surface area contributed by atoms with Gasteiger partial charge in [-0.2, -0.15) is 0 Å². The summed E-state index contributed by atoms with van der Waals surface area (Å²) < 4.78 is 1.40. The second-order valence-electron chi connectivity index (χ2n) is 2.13. The molecule has 0 saturated heterocycles. The van der Waals surface area contributed by atoms with Gasteiger partial charge in [0.1, 0.15) is 0 Å². The molecule has 2 nitrogen and oxygen atoms in total. The lowest BCUT2D eigenvalue weighted by molar-refractivity contribution is 0.662. The average molecular weight is 207 g/mol. The number of halogens is 2. The van der Waals surface area contributed by atoms with E-state index >= 15 is 0 Å². The lowest BCUT2D eigenvalue weighted by Crippen LogP contribution is -2.17. The first-order valence-electron chi connectivity index (χ1n) is 3.01. The van der Waals surface area contributed by atoms with Crippen LogP contribution < -0.4 is 0 Å². The standard InChI is InChI=1S/C6H4Cl2N2S/c7-6-9-4-1-2-11-5(4)3-10(6)8/h1-2H,3H2. The van der Waals surface area contributed by atoms with Crippen LogP contribution in [0.2, 0.25) is 0 Å². The Bertz CT molecular complexity index is 307. The van der Waals surface area contributed by atoms with Crippen LogP contribution in [0.4, 0.5) is 5.69 Å². The second kappa shape index (κ2) is 2.66. The summed E-state index contributed by atoms with van der Waals surface area (Å²) in [6, 6.07) is 1.94. The monoisotopic (exact) mass is 206 g/mol. The van der Waals surface area contributed by atoms with Crippen LogP contribution in [-0.4, -0.2) is 9.71 Å². The van der Waals surface area contributed by atoms with Crippen molar-refractivity contribution in [3.05, 3.63) is 16.3 Å². The Hall–Kier alpha value is -0.250. The van der Waals surface area contributed by atoms with Crippen LogP contribution in [0.3, 0.4) is 0 Å². The quantitative estimate of drug-likeness (QED) is 0.471. The van der Waals surface area contributed by atoms with Gasteiger partial charge in [-0.3, -0.25) is 4.42 Å². The minimum absolute atomic E-state index is 0.345. The first kappa shape index (κ1) is 7.40. The van der Waals surface area contributed by atoms with Crippen LogP contribution in [0.15, 0.2) is 16.4 Å². The molecule has 0 spiro atoms. The molecule has 0 fully saturated rings. The number of aliphatic imine (C=N–C) groups is 1. The summed E-state index contributed by atoms with van der Waals surface area (Å²) in [6.45, 7) is 0.650. The zero-order valence-electron chi connectivity index (χ0n) is 5.42. The smallest absolute Gasteiger partial charge is 0.214 e. The molecular formula is C6H4Cl2N2S. The van der Waals surface area contributed by atoms with Crippen molar-refractivity contribution in [3.63, 3.8) is 0 Å². The summed E-state index contributed by atoms with van der Waals surface area (Å²) in [7, 11) is 0. The maximum Gasteiger partial charge on any atom is 0.214 e. The molecule has 58 valence electrons. The molecule has 5 heteroatoms. The van der Waals surface area contributed by atoms with Crippen molar-refractivity contribution in [1.29, 1.82) is 0 Å². The Morgan fingerprint density at radius 2 is 2.45 bits per heavy atom. The predicted molar refractivity (Wildman–Crippen MR) is 48.7 cm³/mol. The fourth-order valence-corrected chi connectivity index (χ4v) is 2.08. The fraction of sp³-hybridized carbons (Fsp3) is 0.167. The molecule has 0 aliphatic carbocycles. The predicted octanol–water partition coefficient (Wildman–Crippen LogP) is 2.94. The van der Waals surface area contributed by atoms with Gasteiger partial charge in [0.05, 0.1) is 17.1 Å². The topological polar surface area (TPSA) is 15.6 Å². The number of rotatable bonds is 0. The van der Waals surface area contributed by atoms with Gasteiger partial charge in [-0.1, -0.05) is 0 Å². The maximum atomic E-state index is 5.73. The summed E-state index contributed by atoms with van der Waals surface area (Å²) in [5.41, 5.74) is 0.942. The van der Waals surface area contributed by atoms with Crippen molar-refractivity contribution < 1.29 is 0 Å². The number of hydrogen-bond donors (Lipinski definition) is 0. The summed E-state index contributed by atoms with van der Waals surface area (Å²) in [5.74, 6) is 0. The van der Waals surface area contributed by atoms with E-state index in [0.29, 0.717) is 11.8 Å². The van der Waals surface area contributed by atoms with Crippen molar-refractivity contribution in [3.8, 4) is 0 Å². The zero-order valence-corrected chi connectivity index (χ0v) is 7.75. The average Bonchev–Trinajstić information content (AvgIpc) is 2.36. The Morgan fingerprint density at radius 1 is 1.64 bits per heavy atom. The van der Waals surface area contributed by atoms with Gasteiger partial charge in [-0.15, -0.1) is 11.3 Å². The first-order chi connectivity index (χ1) is 5.27. The summed E-state index contributed by atoms with van der Waals surface area (Å²) >= 11 is 13.1. The number of hydrogen-bond acceptors (Lipinski definition) is 3. The van der Waals surface area contributed by atoms with Gasteiger partial charge in [-0.25, -0.2) is 4.99 Å². The molecule has 1 aliphatic rings. The second-order valence-corrected chi connectivity index (χ2v) is 3.88. The molecule has 0 amide bonds.